The Morgan fingerprint density at radius 3 is 2.68 bits per heavy atom. The van der Waals surface area contributed by atoms with Crippen LogP contribution in [-0.4, -0.2) is 50.0 Å². The maximum Gasteiger partial charge on any atom is 0.412 e. The van der Waals surface area contributed by atoms with Crippen molar-refractivity contribution in [2.24, 2.45) is 0 Å². The topological polar surface area (TPSA) is 90.6 Å². The van der Waals surface area contributed by atoms with Crippen molar-refractivity contribution < 1.29 is 19.1 Å². The summed E-state index contributed by atoms with van der Waals surface area (Å²) in [5.74, 6) is -0.00927. The average Bonchev–Trinajstić information content (AvgIpc) is 3.44. The summed E-state index contributed by atoms with van der Waals surface area (Å²) in [5.41, 5.74) is 3.08. The number of rotatable bonds is 3. The van der Waals surface area contributed by atoms with E-state index in [1.807, 2.05) is 10.9 Å². The molecule has 2 aliphatic heterocycles. The van der Waals surface area contributed by atoms with E-state index < -0.39 is 11.7 Å². The number of nitrogens with zero attached hydrogens (tertiary/aromatic N) is 4. The van der Waals surface area contributed by atoms with Crippen LogP contribution >= 0.6 is 23.2 Å². The molecule has 9 nitrogen and oxygen atoms in total. The van der Waals surface area contributed by atoms with E-state index in [1.54, 1.807) is 44.9 Å². The normalized spacial score (nSPS) is 18.1. The minimum Gasteiger partial charge on any atom is -0.444 e. The third-order valence-corrected chi connectivity index (χ3v) is 7.46. The summed E-state index contributed by atoms with van der Waals surface area (Å²) in [6.07, 6.45) is 6.04. The van der Waals surface area contributed by atoms with Crippen LogP contribution in [0.4, 0.5) is 10.5 Å². The molecule has 5 rings (SSSR count). The number of ether oxygens (including phenoxy) is 2. The number of benzene rings is 1. The first kappa shape index (κ1) is 25.9. The van der Waals surface area contributed by atoms with Gasteiger partial charge >= 0.3 is 6.09 Å². The van der Waals surface area contributed by atoms with Gasteiger partial charge < -0.3 is 18.9 Å². The van der Waals surface area contributed by atoms with Gasteiger partial charge in [0.2, 0.25) is 5.91 Å². The van der Waals surface area contributed by atoms with Gasteiger partial charge in [0, 0.05) is 55.0 Å². The van der Waals surface area contributed by atoms with Crippen molar-refractivity contribution in [3.63, 3.8) is 0 Å². The molecule has 0 bridgehead atoms. The first-order valence-corrected chi connectivity index (χ1v) is 13.2. The van der Waals surface area contributed by atoms with Crippen LogP contribution < -0.4 is 5.32 Å². The highest BCUT2D eigenvalue weighted by atomic mass is 35.5. The van der Waals surface area contributed by atoms with Crippen LogP contribution in [0.3, 0.4) is 0 Å². The third kappa shape index (κ3) is 5.04. The molecule has 1 fully saturated rings. The SMILES string of the molecule is CC(=O)N1CCn2c(c(-c3cnn(C4CCCCO4)c3)c3c(NC(=O)OC(C)(C)C)cc(Cl)c(Cl)c32)C1. The molecule has 198 valence electrons. The van der Waals surface area contributed by atoms with Crippen LogP contribution in [0, 0.1) is 0 Å². The molecular formula is C26H31Cl2N5O4. The van der Waals surface area contributed by atoms with Gasteiger partial charge in [0.15, 0.2) is 0 Å². The fourth-order valence-electron chi connectivity index (χ4n) is 5.07. The highest BCUT2D eigenvalue weighted by molar-refractivity contribution is 6.46. The van der Waals surface area contributed by atoms with Gasteiger partial charge in [0.05, 0.1) is 34.0 Å². The average molecular weight is 548 g/mol. The zero-order valence-corrected chi connectivity index (χ0v) is 22.9. The molecule has 2 aliphatic rings. The smallest absolute Gasteiger partial charge is 0.412 e. The van der Waals surface area contributed by atoms with Gasteiger partial charge in [-0.3, -0.25) is 10.1 Å². The number of amides is 2. The molecule has 0 radical (unpaired) electrons. The monoisotopic (exact) mass is 547 g/mol. The summed E-state index contributed by atoms with van der Waals surface area (Å²) >= 11 is 13.3. The summed E-state index contributed by atoms with van der Waals surface area (Å²) < 4.78 is 15.4. The van der Waals surface area contributed by atoms with Gasteiger partial charge in [0.25, 0.3) is 0 Å². The maximum absolute atomic E-state index is 12.8. The second-order valence-corrected chi connectivity index (χ2v) is 11.3. The Morgan fingerprint density at radius 1 is 1.22 bits per heavy atom. The van der Waals surface area contributed by atoms with Crippen LogP contribution in [0.2, 0.25) is 10.0 Å². The molecule has 1 aromatic carbocycles. The molecule has 2 amide bonds. The van der Waals surface area contributed by atoms with Gasteiger partial charge in [-0.25, -0.2) is 9.48 Å². The second kappa shape index (κ2) is 9.85. The summed E-state index contributed by atoms with van der Waals surface area (Å²) in [4.78, 5) is 26.9. The summed E-state index contributed by atoms with van der Waals surface area (Å²) in [6.45, 7) is 9.15. The van der Waals surface area contributed by atoms with E-state index in [1.165, 1.54) is 0 Å². The lowest BCUT2D eigenvalue weighted by molar-refractivity contribution is -0.130. The predicted octanol–water partition coefficient (Wildman–Crippen LogP) is 6.22. The van der Waals surface area contributed by atoms with E-state index in [0.717, 1.165) is 41.5 Å². The molecule has 1 unspecified atom stereocenters. The number of carbonyl (C=O) groups excluding carboxylic acids is 2. The summed E-state index contributed by atoms with van der Waals surface area (Å²) in [7, 11) is 0. The maximum atomic E-state index is 12.8. The molecule has 11 heteroatoms. The van der Waals surface area contributed by atoms with Crippen LogP contribution in [0.15, 0.2) is 18.5 Å². The van der Waals surface area contributed by atoms with Crippen molar-refractivity contribution in [1.29, 1.82) is 0 Å². The number of aromatic nitrogens is 3. The number of hydrogen-bond donors (Lipinski definition) is 1. The lowest BCUT2D eigenvalue weighted by atomic mass is 10.0. The van der Waals surface area contributed by atoms with E-state index in [0.29, 0.717) is 47.5 Å². The molecule has 3 aromatic rings. The van der Waals surface area contributed by atoms with Crippen LogP contribution in [-0.2, 0) is 27.4 Å². The zero-order chi connectivity index (χ0) is 26.5. The van der Waals surface area contributed by atoms with Gasteiger partial charge in [-0.1, -0.05) is 23.2 Å². The minimum absolute atomic E-state index is 0.00927. The minimum atomic E-state index is -0.675. The first-order valence-electron chi connectivity index (χ1n) is 12.5. The Labute approximate surface area is 225 Å². The number of nitrogens with one attached hydrogen (secondary N) is 1. The number of halogens is 2. The Hall–Kier alpha value is -2.75. The highest BCUT2D eigenvalue weighted by Crippen LogP contribution is 2.46. The van der Waals surface area contributed by atoms with Crippen molar-refractivity contribution >= 4 is 51.8 Å². The van der Waals surface area contributed by atoms with E-state index in [9.17, 15) is 9.59 Å². The van der Waals surface area contributed by atoms with E-state index >= 15 is 0 Å². The highest BCUT2D eigenvalue weighted by Gasteiger charge is 2.31. The predicted molar refractivity (Wildman–Crippen MR) is 143 cm³/mol. The fraction of sp³-hybridized carbons (Fsp3) is 0.500. The fourth-order valence-corrected chi connectivity index (χ4v) is 5.52. The molecule has 1 N–H and O–H groups in total. The number of fused-ring (bicyclic) bond motifs is 3. The van der Waals surface area contributed by atoms with Crippen molar-refractivity contribution in [2.75, 3.05) is 18.5 Å². The Bertz CT molecular complexity index is 1370. The first-order chi connectivity index (χ1) is 17.5. The van der Waals surface area contributed by atoms with Gasteiger partial charge in [-0.15, -0.1) is 0 Å². The lowest BCUT2D eigenvalue weighted by Gasteiger charge is -2.29. The molecular weight excluding hydrogens is 517 g/mol. The lowest BCUT2D eigenvalue weighted by Crippen LogP contribution is -2.36. The molecule has 4 heterocycles. The molecule has 1 saturated heterocycles. The largest absolute Gasteiger partial charge is 0.444 e. The molecule has 0 aliphatic carbocycles. The quantitative estimate of drug-likeness (QED) is 0.420. The Morgan fingerprint density at radius 2 is 2.00 bits per heavy atom. The number of anilines is 1. The molecule has 2 aromatic heterocycles. The molecule has 37 heavy (non-hydrogen) atoms. The van der Waals surface area contributed by atoms with E-state index in [2.05, 4.69) is 15.0 Å². The number of hydrogen-bond acceptors (Lipinski definition) is 5. The molecule has 0 spiro atoms. The van der Waals surface area contributed by atoms with Crippen molar-refractivity contribution in [1.82, 2.24) is 19.2 Å². The Kier molecular flexibility index (Phi) is 6.89. The van der Waals surface area contributed by atoms with Crippen LogP contribution in [0.1, 0.15) is 58.9 Å². The molecule has 1 atom stereocenters. The Balaban J connectivity index is 1.70. The van der Waals surface area contributed by atoms with Crippen molar-refractivity contribution in [2.45, 2.75) is 71.9 Å². The van der Waals surface area contributed by atoms with Gasteiger partial charge in [-0.2, -0.15) is 5.10 Å². The van der Waals surface area contributed by atoms with Crippen molar-refractivity contribution in [3.05, 3.63) is 34.2 Å². The van der Waals surface area contributed by atoms with E-state index in [4.69, 9.17) is 32.7 Å². The standard InChI is InChI=1S/C26H31Cl2N5O4/c1-15(34)31-8-9-32-19(14-31)21(16-12-29-33(13-16)20-7-5-6-10-36-20)22-18(11-17(27)23(28)24(22)32)30-25(35)37-26(2,3)4/h11-13,20H,5-10,14H2,1-4H3,(H,30,35). The summed E-state index contributed by atoms with van der Waals surface area (Å²) in [5, 5.41) is 8.92. The third-order valence-electron chi connectivity index (χ3n) is 6.69. The summed E-state index contributed by atoms with van der Waals surface area (Å²) in [6, 6.07) is 1.64. The number of carbonyl (C=O) groups is 2. The van der Waals surface area contributed by atoms with Crippen molar-refractivity contribution in [3.8, 4) is 11.1 Å². The van der Waals surface area contributed by atoms with Crippen LogP contribution in [0.25, 0.3) is 22.0 Å². The van der Waals surface area contributed by atoms with Gasteiger partial charge in [0.1, 0.15) is 11.8 Å². The van der Waals surface area contributed by atoms with Crippen LogP contribution in [0.5, 0.6) is 0 Å². The second-order valence-electron chi connectivity index (χ2n) is 10.5. The van der Waals surface area contributed by atoms with E-state index in [-0.39, 0.29) is 12.1 Å². The molecule has 0 saturated carbocycles. The zero-order valence-electron chi connectivity index (χ0n) is 21.4. The van der Waals surface area contributed by atoms with Gasteiger partial charge in [-0.05, 0) is 46.1 Å².